The number of hydrogen-bond acceptors (Lipinski definition) is 12. The molecule has 16 heteroatoms. The summed E-state index contributed by atoms with van der Waals surface area (Å²) in [6.45, 7) is 0. The standard InChI is InChI=1S/C48H36N4O10S2/c53-63(54,55)43-27-35(49-45-29-41(59-37-13-5-1-6-14-37)31-47(51-45)61-39-17-9-3-10-18-39)25-23-33(43)21-22-34-24-26-36(28-44(34)64(56,57)58)50-46-30-42(60-38-15-7-2-8-16-38)32-48(52-46)62-40-19-11-4-12-20-40/h1-32H,(H,49,51)(H,50,52)(H,53,54,55)(H,56,57,58). The monoisotopic (exact) mass is 892 g/mol. The Kier molecular flexibility index (Phi) is 12.6. The van der Waals surface area contributed by atoms with Gasteiger partial charge < -0.3 is 29.6 Å². The Bertz CT molecular complexity index is 2830. The molecule has 8 aromatic rings. The van der Waals surface area contributed by atoms with E-state index < -0.39 is 30.0 Å². The predicted molar refractivity (Wildman–Crippen MR) is 243 cm³/mol. The van der Waals surface area contributed by atoms with Crippen molar-refractivity contribution < 1.29 is 44.9 Å². The second kappa shape index (κ2) is 18.9. The average molecular weight is 893 g/mol. The largest absolute Gasteiger partial charge is 0.457 e. The Balaban J connectivity index is 1.07. The second-order valence-corrected chi connectivity index (χ2v) is 16.5. The summed E-state index contributed by atoms with van der Waals surface area (Å²) in [5.41, 5.74) is 0.448. The number of nitrogens with one attached hydrogen (secondary N) is 2. The molecule has 0 radical (unpaired) electrons. The number of benzene rings is 6. The van der Waals surface area contributed by atoms with Gasteiger partial charge in [0.2, 0.25) is 11.8 Å². The SMILES string of the molecule is O=S(=O)(O)c1cc(Nc2cc(Oc3ccccc3)cc(Oc3ccccc3)n2)ccc1C=Cc1ccc(Nc2cc(Oc3ccccc3)cc(Oc3ccccc3)n2)cc1S(=O)(=O)O. The lowest BCUT2D eigenvalue weighted by molar-refractivity contribution is 0.446. The molecule has 0 fully saturated rings. The van der Waals surface area contributed by atoms with Gasteiger partial charge in [0.1, 0.15) is 55.9 Å². The van der Waals surface area contributed by atoms with Gasteiger partial charge in [-0.2, -0.15) is 26.8 Å². The highest BCUT2D eigenvalue weighted by atomic mass is 32.2. The maximum absolute atomic E-state index is 12.8. The Morgan fingerprint density at radius 1 is 0.391 bits per heavy atom. The van der Waals surface area contributed by atoms with Crippen molar-refractivity contribution in [1.29, 1.82) is 0 Å². The van der Waals surface area contributed by atoms with E-state index in [1.54, 1.807) is 72.8 Å². The third kappa shape index (κ3) is 11.5. The summed E-state index contributed by atoms with van der Waals surface area (Å²) >= 11 is 0. The number of para-hydroxylation sites is 4. The van der Waals surface area contributed by atoms with Crippen LogP contribution in [0.25, 0.3) is 12.2 Å². The van der Waals surface area contributed by atoms with E-state index in [2.05, 4.69) is 20.6 Å². The topological polar surface area (TPSA) is 195 Å². The van der Waals surface area contributed by atoms with Crippen LogP contribution in [-0.4, -0.2) is 35.9 Å². The molecule has 0 amide bonds. The molecule has 0 aliphatic heterocycles. The zero-order chi connectivity index (χ0) is 44.5. The number of aromatic nitrogens is 2. The van der Waals surface area contributed by atoms with Crippen LogP contribution < -0.4 is 29.6 Å². The molecule has 64 heavy (non-hydrogen) atoms. The first-order valence-corrected chi connectivity index (χ1v) is 22.2. The normalized spacial score (nSPS) is 11.5. The molecule has 2 aromatic heterocycles. The number of ether oxygens (including phenoxy) is 4. The van der Waals surface area contributed by atoms with Crippen molar-refractivity contribution in [3.8, 4) is 46.3 Å². The van der Waals surface area contributed by atoms with Gasteiger partial charge in [-0.05, 0) is 83.9 Å². The molecule has 14 nitrogen and oxygen atoms in total. The first-order valence-electron chi connectivity index (χ1n) is 19.3. The van der Waals surface area contributed by atoms with Crippen LogP contribution in [0.4, 0.5) is 23.0 Å². The highest BCUT2D eigenvalue weighted by molar-refractivity contribution is 7.86. The zero-order valence-electron chi connectivity index (χ0n) is 33.3. The highest BCUT2D eigenvalue weighted by Gasteiger charge is 2.19. The number of hydrogen-bond donors (Lipinski definition) is 4. The van der Waals surface area contributed by atoms with Crippen molar-refractivity contribution in [1.82, 2.24) is 9.97 Å². The van der Waals surface area contributed by atoms with Crippen molar-refractivity contribution in [2.24, 2.45) is 0 Å². The second-order valence-electron chi connectivity index (χ2n) is 13.8. The van der Waals surface area contributed by atoms with Crippen LogP contribution in [0.2, 0.25) is 0 Å². The van der Waals surface area contributed by atoms with Crippen molar-refractivity contribution in [2.45, 2.75) is 9.79 Å². The molecule has 2 heterocycles. The van der Waals surface area contributed by atoms with Crippen LogP contribution >= 0.6 is 0 Å². The smallest absolute Gasteiger partial charge is 0.295 e. The molecule has 0 saturated heterocycles. The molecule has 0 aliphatic carbocycles. The van der Waals surface area contributed by atoms with E-state index in [1.807, 2.05) is 72.8 Å². The molecular formula is C48H36N4O10S2. The van der Waals surface area contributed by atoms with Crippen molar-refractivity contribution in [2.75, 3.05) is 10.6 Å². The molecule has 0 unspecified atom stereocenters. The minimum Gasteiger partial charge on any atom is -0.457 e. The lowest BCUT2D eigenvalue weighted by Gasteiger charge is -2.14. The molecule has 320 valence electrons. The number of nitrogens with zero attached hydrogens (tertiary/aromatic N) is 2. The summed E-state index contributed by atoms with van der Waals surface area (Å²) in [7, 11) is -9.69. The first kappa shape index (κ1) is 42.7. The predicted octanol–water partition coefficient (Wildman–Crippen LogP) is 11.8. The van der Waals surface area contributed by atoms with Gasteiger partial charge in [0.25, 0.3) is 20.2 Å². The zero-order valence-corrected chi connectivity index (χ0v) is 35.0. The van der Waals surface area contributed by atoms with Gasteiger partial charge in [-0.25, -0.2) is 0 Å². The third-order valence-corrected chi connectivity index (χ3v) is 10.8. The fourth-order valence-electron chi connectivity index (χ4n) is 6.20. The van der Waals surface area contributed by atoms with E-state index in [4.69, 9.17) is 18.9 Å². The van der Waals surface area contributed by atoms with Crippen LogP contribution in [0.3, 0.4) is 0 Å². The van der Waals surface area contributed by atoms with Gasteiger partial charge >= 0.3 is 0 Å². The Morgan fingerprint density at radius 2 is 0.719 bits per heavy atom. The van der Waals surface area contributed by atoms with Crippen molar-refractivity contribution in [3.05, 3.63) is 193 Å². The first-order chi connectivity index (χ1) is 30.9. The van der Waals surface area contributed by atoms with Gasteiger partial charge in [-0.15, -0.1) is 0 Å². The molecule has 0 spiro atoms. The summed E-state index contributed by atoms with van der Waals surface area (Å²) in [6, 6.07) is 50.7. The summed E-state index contributed by atoms with van der Waals surface area (Å²) < 4.78 is 95.7. The van der Waals surface area contributed by atoms with Crippen molar-refractivity contribution >= 4 is 55.4 Å². The molecule has 0 bridgehead atoms. The van der Waals surface area contributed by atoms with E-state index in [0.717, 1.165) is 0 Å². The lowest BCUT2D eigenvalue weighted by atomic mass is 10.1. The van der Waals surface area contributed by atoms with Crippen LogP contribution in [-0.2, 0) is 20.2 Å². The maximum atomic E-state index is 12.8. The number of rotatable bonds is 16. The van der Waals surface area contributed by atoms with Gasteiger partial charge in [-0.1, -0.05) is 97.1 Å². The van der Waals surface area contributed by atoms with Crippen LogP contribution in [0, 0.1) is 0 Å². The highest BCUT2D eigenvalue weighted by Crippen LogP contribution is 2.34. The Morgan fingerprint density at radius 3 is 1.05 bits per heavy atom. The van der Waals surface area contributed by atoms with E-state index in [0.29, 0.717) is 34.5 Å². The fourth-order valence-corrected chi connectivity index (χ4v) is 7.62. The Hall–Kier alpha value is -8.02. The quantitative estimate of drug-likeness (QED) is 0.0528. The van der Waals surface area contributed by atoms with E-state index in [-0.39, 0.29) is 45.9 Å². The molecule has 0 saturated carbocycles. The molecule has 0 atom stereocenters. The van der Waals surface area contributed by atoms with Crippen LogP contribution in [0.1, 0.15) is 11.1 Å². The minimum absolute atomic E-state index is 0.00383. The maximum Gasteiger partial charge on any atom is 0.295 e. The van der Waals surface area contributed by atoms with Crippen LogP contribution in [0.15, 0.2) is 192 Å². The molecule has 4 N–H and O–H groups in total. The average Bonchev–Trinajstić information content (AvgIpc) is 3.27. The van der Waals surface area contributed by atoms with Crippen LogP contribution in [0.5, 0.6) is 46.3 Å². The third-order valence-electron chi connectivity index (χ3n) is 9.01. The van der Waals surface area contributed by atoms with Gasteiger partial charge in [0.15, 0.2) is 0 Å². The lowest BCUT2D eigenvalue weighted by Crippen LogP contribution is -2.04. The fraction of sp³-hybridized carbons (Fsp3) is 0. The summed E-state index contributed by atoms with van der Waals surface area (Å²) in [4.78, 5) is 8.04. The molecular weight excluding hydrogens is 857 g/mol. The van der Waals surface area contributed by atoms with E-state index in [1.165, 1.54) is 48.6 Å². The van der Waals surface area contributed by atoms with Gasteiger partial charge in [0.05, 0.1) is 0 Å². The summed E-state index contributed by atoms with van der Waals surface area (Å²) in [5.74, 6) is 3.67. The van der Waals surface area contributed by atoms with Crippen molar-refractivity contribution in [3.63, 3.8) is 0 Å². The Labute approximate surface area is 368 Å². The van der Waals surface area contributed by atoms with E-state index in [9.17, 15) is 25.9 Å². The van der Waals surface area contributed by atoms with Gasteiger partial charge in [0, 0.05) is 35.6 Å². The summed E-state index contributed by atoms with van der Waals surface area (Å²) in [6.07, 6.45) is 2.59. The molecule has 0 aliphatic rings. The minimum atomic E-state index is -4.84. The number of anilines is 4. The number of pyridine rings is 2. The molecule has 8 rings (SSSR count). The van der Waals surface area contributed by atoms with E-state index >= 15 is 0 Å². The summed E-state index contributed by atoms with van der Waals surface area (Å²) in [5, 5.41) is 6.09. The van der Waals surface area contributed by atoms with Gasteiger partial charge in [-0.3, -0.25) is 9.11 Å². The molecule has 6 aromatic carbocycles.